The molecule has 25 heavy (non-hydrogen) atoms. The molecule has 2 amide bonds. The number of thiophene rings is 1. The number of para-hydroxylation sites is 2. The molecule has 7 heteroatoms. The van der Waals surface area contributed by atoms with Crippen LogP contribution in [0.3, 0.4) is 0 Å². The lowest BCUT2D eigenvalue weighted by Crippen LogP contribution is -2.29. The Morgan fingerprint density at radius 1 is 1.12 bits per heavy atom. The van der Waals surface area contributed by atoms with Gasteiger partial charge in [-0.05, 0) is 36.8 Å². The van der Waals surface area contributed by atoms with Crippen LogP contribution in [0.25, 0.3) is 31.5 Å². The van der Waals surface area contributed by atoms with Gasteiger partial charge in [-0.2, -0.15) is 0 Å². The van der Waals surface area contributed by atoms with Gasteiger partial charge in [0.2, 0.25) is 0 Å². The summed E-state index contributed by atoms with van der Waals surface area (Å²) in [5.41, 5.74) is 3.28. The Hall–Kier alpha value is -2.77. The van der Waals surface area contributed by atoms with E-state index in [9.17, 15) is 4.79 Å². The summed E-state index contributed by atoms with van der Waals surface area (Å²) in [6.45, 7) is 0.489. The van der Waals surface area contributed by atoms with Gasteiger partial charge in [0.05, 0.1) is 11.0 Å². The van der Waals surface area contributed by atoms with E-state index in [0.717, 1.165) is 31.5 Å². The highest BCUT2D eigenvalue weighted by Crippen LogP contribution is 2.34. The van der Waals surface area contributed by atoms with E-state index in [4.69, 9.17) is 10.1 Å². The van der Waals surface area contributed by atoms with Crippen LogP contribution in [0, 0.1) is 0 Å². The predicted molar refractivity (Wildman–Crippen MR) is 101 cm³/mol. The monoisotopic (exact) mass is 352 g/mol. The number of nitrogens with zero attached hydrogens (tertiary/aromatic N) is 2. The first-order valence-corrected chi connectivity index (χ1v) is 8.81. The van der Waals surface area contributed by atoms with Crippen molar-refractivity contribution in [1.29, 1.82) is 0 Å². The van der Waals surface area contributed by atoms with Crippen molar-refractivity contribution in [3.8, 4) is 0 Å². The Morgan fingerprint density at radius 2 is 1.92 bits per heavy atom. The lowest BCUT2D eigenvalue weighted by Gasteiger charge is -2.07. The third-order valence-electron chi connectivity index (χ3n) is 3.86. The van der Waals surface area contributed by atoms with Gasteiger partial charge in [-0.25, -0.2) is 14.8 Å². The fraction of sp³-hybridized carbons (Fsp3) is 0.167. The highest BCUT2D eigenvalue weighted by molar-refractivity contribution is 7.25. The SMILES string of the molecule is O=C(NCCCO)Nc1ccc2sc3nc4ccccc4nc3c2c1. The van der Waals surface area contributed by atoms with Crippen molar-refractivity contribution >= 4 is 54.5 Å². The van der Waals surface area contributed by atoms with Gasteiger partial charge in [-0.3, -0.25) is 0 Å². The van der Waals surface area contributed by atoms with Gasteiger partial charge in [0.1, 0.15) is 10.3 Å². The van der Waals surface area contributed by atoms with Gasteiger partial charge in [0.25, 0.3) is 0 Å². The highest BCUT2D eigenvalue weighted by atomic mass is 32.1. The van der Waals surface area contributed by atoms with Crippen molar-refractivity contribution in [2.24, 2.45) is 0 Å². The standard InChI is InChI=1S/C18H16N4O2S/c23-9-3-8-19-18(24)20-11-6-7-15-12(10-11)16-17(25-15)22-14-5-2-1-4-13(14)21-16/h1-2,4-7,10,23H,3,8-9H2,(H2,19,20,24). The van der Waals surface area contributed by atoms with E-state index in [1.165, 1.54) is 0 Å². The molecular formula is C18H16N4O2S. The number of hydrogen-bond donors (Lipinski definition) is 3. The zero-order valence-electron chi connectivity index (χ0n) is 13.3. The fourth-order valence-electron chi connectivity index (χ4n) is 2.67. The number of nitrogens with one attached hydrogen (secondary N) is 2. The van der Waals surface area contributed by atoms with E-state index in [2.05, 4.69) is 15.6 Å². The normalized spacial score (nSPS) is 11.2. The summed E-state index contributed by atoms with van der Waals surface area (Å²) in [7, 11) is 0. The van der Waals surface area contributed by atoms with Crippen LogP contribution in [0.5, 0.6) is 0 Å². The number of urea groups is 1. The topological polar surface area (TPSA) is 87.1 Å². The van der Waals surface area contributed by atoms with Crippen LogP contribution in [0.1, 0.15) is 6.42 Å². The van der Waals surface area contributed by atoms with Crippen LogP contribution >= 0.6 is 11.3 Å². The number of aliphatic hydroxyl groups is 1. The van der Waals surface area contributed by atoms with Crippen molar-refractivity contribution in [3.05, 3.63) is 42.5 Å². The van der Waals surface area contributed by atoms with Gasteiger partial charge in [0.15, 0.2) is 0 Å². The average Bonchev–Trinajstić information content (AvgIpc) is 2.97. The molecule has 2 aromatic carbocycles. The maximum Gasteiger partial charge on any atom is 0.319 e. The number of benzene rings is 2. The molecule has 4 aromatic rings. The van der Waals surface area contributed by atoms with Crippen molar-refractivity contribution in [3.63, 3.8) is 0 Å². The second kappa shape index (κ2) is 6.62. The molecule has 4 rings (SSSR count). The molecule has 0 atom stereocenters. The van der Waals surface area contributed by atoms with Crippen LogP contribution in [-0.4, -0.2) is 34.3 Å². The molecule has 0 fully saturated rings. The number of rotatable bonds is 4. The van der Waals surface area contributed by atoms with E-state index >= 15 is 0 Å². The highest BCUT2D eigenvalue weighted by Gasteiger charge is 2.11. The van der Waals surface area contributed by atoms with Gasteiger partial charge >= 0.3 is 6.03 Å². The smallest absolute Gasteiger partial charge is 0.319 e. The van der Waals surface area contributed by atoms with Crippen LogP contribution in [0.2, 0.25) is 0 Å². The van der Waals surface area contributed by atoms with Gasteiger partial charge in [0, 0.05) is 28.9 Å². The number of aliphatic hydroxyl groups excluding tert-OH is 1. The van der Waals surface area contributed by atoms with Crippen LogP contribution in [0.4, 0.5) is 10.5 Å². The number of aromatic nitrogens is 2. The largest absolute Gasteiger partial charge is 0.396 e. The molecule has 3 N–H and O–H groups in total. The van der Waals surface area contributed by atoms with Crippen molar-refractivity contribution in [1.82, 2.24) is 15.3 Å². The van der Waals surface area contributed by atoms with Gasteiger partial charge in [-0.15, -0.1) is 11.3 Å². The van der Waals surface area contributed by atoms with Crippen LogP contribution in [0.15, 0.2) is 42.5 Å². The molecule has 2 aromatic heterocycles. The van der Waals surface area contributed by atoms with Crippen molar-refractivity contribution in [2.45, 2.75) is 6.42 Å². The zero-order chi connectivity index (χ0) is 17.2. The van der Waals surface area contributed by atoms with Crippen LogP contribution in [-0.2, 0) is 0 Å². The minimum atomic E-state index is -0.288. The van der Waals surface area contributed by atoms with E-state index in [-0.39, 0.29) is 12.6 Å². The summed E-state index contributed by atoms with van der Waals surface area (Å²) >= 11 is 1.59. The molecule has 0 saturated heterocycles. The Labute approximate surface area is 147 Å². The number of anilines is 1. The summed E-state index contributed by atoms with van der Waals surface area (Å²) < 4.78 is 1.08. The Bertz CT molecular complexity index is 1080. The third-order valence-corrected chi connectivity index (χ3v) is 4.91. The molecule has 2 heterocycles. The summed E-state index contributed by atoms with van der Waals surface area (Å²) in [5.74, 6) is 0. The minimum Gasteiger partial charge on any atom is -0.396 e. The maximum absolute atomic E-state index is 11.9. The number of amides is 2. The van der Waals surface area contributed by atoms with E-state index < -0.39 is 0 Å². The summed E-state index contributed by atoms with van der Waals surface area (Å²) in [4.78, 5) is 22.2. The predicted octanol–water partition coefficient (Wildman–Crippen LogP) is 3.50. The first-order valence-electron chi connectivity index (χ1n) is 7.99. The Kier molecular flexibility index (Phi) is 4.17. The molecular weight excluding hydrogens is 336 g/mol. The lowest BCUT2D eigenvalue weighted by atomic mass is 10.2. The molecule has 0 aliphatic rings. The molecule has 126 valence electrons. The molecule has 0 spiro atoms. The molecule has 0 radical (unpaired) electrons. The number of hydrogen-bond acceptors (Lipinski definition) is 5. The minimum absolute atomic E-state index is 0.0553. The van der Waals surface area contributed by atoms with E-state index in [0.29, 0.717) is 18.7 Å². The Balaban J connectivity index is 1.70. The second-order valence-corrected chi connectivity index (χ2v) is 6.67. The van der Waals surface area contributed by atoms with Gasteiger partial charge < -0.3 is 15.7 Å². The second-order valence-electron chi connectivity index (χ2n) is 5.64. The quantitative estimate of drug-likeness (QED) is 0.491. The average molecular weight is 352 g/mol. The first kappa shape index (κ1) is 15.7. The van der Waals surface area contributed by atoms with E-state index in [1.807, 2.05) is 42.5 Å². The number of fused-ring (bicyclic) bond motifs is 4. The fourth-order valence-corrected chi connectivity index (χ4v) is 3.68. The molecule has 0 aliphatic carbocycles. The first-order chi connectivity index (χ1) is 12.2. The van der Waals surface area contributed by atoms with Crippen LogP contribution < -0.4 is 10.6 Å². The zero-order valence-corrected chi connectivity index (χ0v) is 14.1. The maximum atomic E-state index is 11.9. The molecule has 0 unspecified atom stereocenters. The summed E-state index contributed by atoms with van der Waals surface area (Å²) in [6.07, 6.45) is 0.532. The molecule has 0 saturated carbocycles. The van der Waals surface area contributed by atoms with Gasteiger partial charge in [-0.1, -0.05) is 12.1 Å². The van der Waals surface area contributed by atoms with Crippen molar-refractivity contribution in [2.75, 3.05) is 18.5 Å². The summed E-state index contributed by atoms with van der Waals surface area (Å²) in [6, 6.07) is 13.3. The number of carbonyl (C=O) groups is 1. The molecule has 6 nitrogen and oxygen atoms in total. The van der Waals surface area contributed by atoms with Crippen molar-refractivity contribution < 1.29 is 9.90 Å². The Morgan fingerprint density at radius 3 is 2.72 bits per heavy atom. The molecule has 0 aliphatic heterocycles. The lowest BCUT2D eigenvalue weighted by molar-refractivity contribution is 0.249. The summed E-state index contributed by atoms with van der Waals surface area (Å²) in [5, 5.41) is 15.2. The third kappa shape index (κ3) is 3.11. The number of carbonyl (C=O) groups excluding carboxylic acids is 1. The van der Waals surface area contributed by atoms with E-state index in [1.54, 1.807) is 11.3 Å². The molecule has 0 bridgehead atoms.